The van der Waals surface area contributed by atoms with Crippen LogP contribution in [0.3, 0.4) is 0 Å². The van der Waals surface area contributed by atoms with E-state index in [2.05, 4.69) is 26.1 Å². The second kappa shape index (κ2) is 9.26. The Kier molecular flexibility index (Phi) is 7.30. The Morgan fingerprint density at radius 2 is 1.89 bits per heavy atom. The highest BCUT2D eigenvalue weighted by Crippen LogP contribution is 2.22. The van der Waals surface area contributed by atoms with Gasteiger partial charge >= 0.3 is 5.97 Å². The minimum atomic E-state index is -0.330. The van der Waals surface area contributed by atoms with Gasteiger partial charge in [0.25, 0.3) is 5.91 Å². The molecule has 2 amide bonds. The third kappa shape index (κ3) is 5.99. The van der Waals surface area contributed by atoms with Gasteiger partial charge in [0.05, 0.1) is 7.11 Å². The van der Waals surface area contributed by atoms with Gasteiger partial charge in [0.2, 0.25) is 5.91 Å². The van der Waals surface area contributed by atoms with Crippen LogP contribution < -0.4 is 5.32 Å². The highest BCUT2D eigenvalue weighted by molar-refractivity contribution is 8.00. The molecule has 1 aromatic carbocycles. The van der Waals surface area contributed by atoms with Crippen molar-refractivity contribution in [1.82, 2.24) is 10.2 Å². The van der Waals surface area contributed by atoms with Crippen molar-refractivity contribution in [1.29, 1.82) is 0 Å². The van der Waals surface area contributed by atoms with Crippen LogP contribution in [0.5, 0.6) is 0 Å². The van der Waals surface area contributed by atoms with E-state index in [4.69, 9.17) is 4.74 Å². The molecule has 6 nitrogen and oxygen atoms in total. The number of amides is 2. The summed E-state index contributed by atoms with van der Waals surface area (Å²) in [6.07, 6.45) is 0.213. The minimum Gasteiger partial charge on any atom is -0.468 e. The summed E-state index contributed by atoms with van der Waals surface area (Å²) < 4.78 is 4.75. The second-order valence-electron chi connectivity index (χ2n) is 7.56. The van der Waals surface area contributed by atoms with Crippen LogP contribution in [0, 0.1) is 0 Å². The molecule has 0 bridgehead atoms. The largest absolute Gasteiger partial charge is 0.468 e. The zero-order valence-electron chi connectivity index (χ0n) is 16.4. The van der Waals surface area contributed by atoms with E-state index in [1.54, 1.807) is 17.0 Å². The molecule has 1 fully saturated rings. The van der Waals surface area contributed by atoms with Gasteiger partial charge in [-0.1, -0.05) is 32.9 Å². The molecule has 1 aliphatic rings. The first kappa shape index (κ1) is 21.3. The van der Waals surface area contributed by atoms with Gasteiger partial charge in [-0.15, -0.1) is 11.8 Å². The molecule has 7 heteroatoms. The molecule has 1 aliphatic heterocycles. The summed E-state index contributed by atoms with van der Waals surface area (Å²) in [7, 11) is 1.35. The Hall–Kier alpha value is -2.02. The summed E-state index contributed by atoms with van der Waals surface area (Å²) in [5, 5.41) is 2.46. The molecule has 2 rings (SSSR count). The molecule has 1 saturated heterocycles. The molecule has 0 unspecified atom stereocenters. The molecule has 1 atom stereocenters. The molecule has 1 N–H and O–H groups in total. The van der Waals surface area contributed by atoms with Gasteiger partial charge in [0.15, 0.2) is 0 Å². The summed E-state index contributed by atoms with van der Waals surface area (Å²) in [4.78, 5) is 37.9. The molecule has 27 heavy (non-hydrogen) atoms. The van der Waals surface area contributed by atoms with Gasteiger partial charge in [-0.3, -0.25) is 14.4 Å². The number of hydrogen-bond donors (Lipinski definition) is 1. The lowest BCUT2D eigenvalue weighted by Gasteiger charge is -2.31. The van der Waals surface area contributed by atoms with Gasteiger partial charge in [0, 0.05) is 37.4 Å². The smallest absolute Gasteiger partial charge is 0.320 e. The zero-order valence-corrected chi connectivity index (χ0v) is 17.2. The number of carbonyl (C=O) groups is 3. The number of rotatable bonds is 5. The van der Waals surface area contributed by atoms with Crippen molar-refractivity contribution in [3.63, 3.8) is 0 Å². The Morgan fingerprint density at radius 1 is 1.22 bits per heavy atom. The number of carbonyl (C=O) groups excluding carboxylic acids is 3. The first-order chi connectivity index (χ1) is 12.7. The zero-order chi connectivity index (χ0) is 20.0. The van der Waals surface area contributed by atoms with Gasteiger partial charge < -0.3 is 15.0 Å². The van der Waals surface area contributed by atoms with Crippen LogP contribution in [0.25, 0.3) is 0 Å². The van der Waals surface area contributed by atoms with E-state index in [1.807, 2.05) is 12.1 Å². The summed E-state index contributed by atoms with van der Waals surface area (Å²) >= 11 is 1.51. The maximum atomic E-state index is 12.3. The lowest BCUT2D eigenvalue weighted by molar-refractivity contribution is -0.141. The summed E-state index contributed by atoms with van der Waals surface area (Å²) in [6.45, 7) is 7.61. The van der Waals surface area contributed by atoms with E-state index in [0.717, 1.165) is 5.56 Å². The van der Waals surface area contributed by atoms with Crippen LogP contribution in [0.2, 0.25) is 0 Å². The van der Waals surface area contributed by atoms with Crippen LogP contribution in [-0.4, -0.2) is 60.4 Å². The lowest BCUT2D eigenvalue weighted by atomic mass is 9.87. The molecule has 0 radical (unpaired) electrons. The highest BCUT2D eigenvalue weighted by atomic mass is 32.2. The van der Waals surface area contributed by atoms with Crippen LogP contribution in [0.4, 0.5) is 0 Å². The maximum absolute atomic E-state index is 12.3. The molecular formula is C20H28N2O4S. The first-order valence-corrected chi connectivity index (χ1v) is 10.1. The summed E-state index contributed by atoms with van der Waals surface area (Å²) in [6, 6.07) is 7.53. The van der Waals surface area contributed by atoms with Gasteiger partial charge in [-0.2, -0.15) is 0 Å². The second-order valence-corrected chi connectivity index (χ2v) is 8.87. The molecule has 0 saturated carbocycles. The number of hydrogen-bond acceptors (Lipinski definition) is 5. The Balaban J connectivity index is 1.80. The monoisotopic (exact) mass is 392 g/mol. The number of ether oxygens (including phenoxy) is 1. The topological polar surface area (TPSA) is 75.7 Å². The standard InChI is InChI=1S/C20H28N2O4S/c1-20(2,3)15-7-5-14(6-8-15)18(24)21-10-9-17(23)22-11-12-27-16(13-22)19(25)26-4/h5-8,16H,9-13H2,1-4H3,(H,21,24)/t16-/m0/s1. The van der Waals surface area contributed by atoms with E-state index in [9.17, 15) is 14.4 Å². The van der Waals surface area contributed by atoms with Crippen molar-refractivity contribution in [2.24, 2.45) is 0 Å². The fourth-order valence-electron chi connectivity index (χ4n) is 2.81. The summed E-state index contributed by atoms with van der Waals surface area (Å²) in [5.41, 5.74) is 1.78. The van der Waals surface area contributed by atoms with Crippen molar-refractivity contribution in [3.05, 3.63) is 35.4 Å². The third-order valence-corrected chi connectivity index (χ3v) is 5.68. The quantitative estimate of drug-likeness (QED) is 0.778. The highest BCUT2D eigenvalue weighted by Gasteiger charge is 2.29. The number of esters is 1. The predicted molar refractivity (Wildman–Crippen MR) is 107 cm³/mol. The average Bonchev–Trinajstić information content (AvgIpc) is 2.66. The normalized spacial score (nSPS) is 17.3. The van der Waals surface area contributed by atoms with Crippen LogP contribution >= 0.6 is 11.8 Å². The van der Waals surface area contributed by atoms with Gasteiger partial charge in [-0.25, -0.2) is 0 Å². The van der Waals surface area contributed by atoms with Crippen molar-refractivity contribution in [3.8, 4) is 0 Å². The Labute approximate surface area is 165 Å². The van der Waals surface area contributed by atoms with E-state index in [-0.39, 0.29) is 41.4 Å². The lowest BCUT2D eigenvalue weighted by Crippen LogP contribution is -2.45. The molecule has 0 aromatic heterocycles. The van der Waals surface area contributed by atoms with E-state index in [0.29, 0.717) is 24.4 Å². The van der Waals surface area contributed by atoms with E-state index in [1.165, 1.54) is 18.9 Å². The van der Waals surface area contributed by atoms with E-state index < -0.39 is 0 Å². The van der Waals surface area contributed by atoms with Crippen LogP contribution in [-0.2, 0) is 19.7 Å². The third-order valence-electron chi connectivity index (χ3n) is 4.52. The Bertz CT molecular complexity index is 682. The van der Waals surface area contributed by atoms with Crippen LogP contribution in [0.1, 0.15) is 43.1 Å². The molecule has 0 aliphatic carbocycles. The number of thioether (sulfide) groups is 1. The fourth-order valence-corrected chi connectivity index (χ4v) is 3.94. The molecule has 148 valence electrons. The van der Waals surface area contributed by atoms with Crippen molar-refractivity contribution < 1.29 is 19.1 Å². The average molecular weight is 393 g/mol. The maximum Gasteiger partial charge on any atom is 0.320 e. The van der Waals surface area contributed by atoms with Crippen LogP contribution in [0.15, 0.2) is 24.3 Å². The van der Waals surface area contributed by atoms with Gasteiger partial charge in [0.1, 0.15) is 5.25 Å². The number of benzene rings is 1. The number of nitrogens with one attached hydrogen (secondary N) is 1. The Morgan fingerprint density at radius 3 is 2.48 bits per heavy atom. The van der Waals surface area contributed by atoms with Crippen molar-refractivity contribution in [2.45, 2.75) is 37.9 Å². The molecule has 0 spiro atoms. The minimum absolute atomic E-state index is 0.0379. The number of methoxy groups -OCH3 is 1. The first-order valence-electron chi connectivity index (χ1n) is 9.08. The SMILES string of the molecule is COC(=O)[C@@H]1CN(C(=O)CCNC(=O)c2ccc(C(C)(C)C)cc2)CCS1. The van der Waals surface area contributed by atoms with Crippen molar-refractivity contribution in [2.75, 3.05) is 32.5 Å². The molecular weight excluding hydrogens is 364 g/mol. The number of nitrogens with zero attached hydrogens (tertiary/aromatic N) is 1. The van der Waals surface area contributed by atoms with E-state index >= 15 is 0 Å². The predicted octanol–water partition coefficient (Wildman–Crippen LogP) is 2.22. The van der Waals surface area contributed by atoms with Crippen molar-refractivity contribution >= 4 is 29.5 Å². The van der Waals surface area contributed by atoms with Gasteiger partial charge in [-0.05, 0) is 23.1 Å². The molecule has 1 aromatic rings. The summed E-state index contributed by atoms with van der Waals surface area (Å²) in [5.74, 6) is 0.153. The molecule has 1 heterocycles. The fraction of sp³-hybridized carbons (Fsp3) is 0.550.